The first kappa shape index (κ1) is 22.1. The number of nitrogens with one attached hydrogen (secondary N) is 1. The molecule has 29 heavy (non-hydrogen) atoms. The predicted octanol–water partition coefficient (Wildman–Crippen LogP) is 4.84. The van der Waals surface area contributed by atoms with Crippen LogP contribution < -0.4 is 5.32 Å². The van der Waals surface area contributed by atoms with Crippen molar-refractivity contribution < 1.29 is 9.15 Å². The van der Waals surface area contributed by atoms with Gasteiger partial charge in [-0.3, -0.25) is 0 Å². The lowest BCUT2D eigenvalue weighted by atomic mass is 9.73. The first-order valence-electron chi connectivity index (χ1n) is 10.9. The fourth-order valence-electron chi connectivity index (χ4n) is 4.96. The van der Waals surface area contributed by atoms with E-state index in [9.17, 15) is 0 Å². The number of aryl methyl sites for hydroxylation is 1. The summed E-state index contributed by atoms with van der Waals surface area (Å²) in [7, 11) is 4.35. The molecule has 0 bridgehead atoms. The molecule has 0 spiro atoms. The van der Waals surface area contributed by atoms with Gasteiger partial charge in [0, 0.05) is 31.0 Å². The van der Waals surface area contributed by atoms with Crippen molar-refractivity contribution >= 4 is 0 Å². The van der Waals surface area contributed by atoms with E-state index in [1.54, 1.807) is 6.26 Å². The van der Waals surface area contributed by atoms with Crippen molar-refractivity contribution in [2.75, 3.05) is 40.3 Å². The predicted molar refractivity (Wildman–Crippen MR) is 119 cm³/mol. The molecule has 0 aliphatic carbocycles. The second-order valence-electron chi connectivity index (χ2n) is 9.72. The van der Waals surface area contributed by atoms with Gasteiger partial charge in [-0.15, -0.1) is 0 Å². The molecule has 2 atom stereocenters. The van der Waals surface area contributed by atoms with Crippen LogP contribution in [0, 0.1) is 12.3 Å². The van der Waals surface area contributed by atoms with Crippen LogP contribution in [0.5, 0.6) is 0 Å². The van der Waals surface area contributed by atoms with Gasteiger partial charge in [0.1, 0.15) is 5.76 Å². The zero-order chi connectivity index (χ0) is 20.9. The van der Waals surface area contributed by atoms with Crippen LogP contribution in [0.15, 0.2) is 47.1 Å². The molecule has 160 valence electrons. The van der Waals surface area contributed by atoms with Crippen LogP contribution in [0.25, 0.3) is 0 Å². The number of rotatable bonds is 9. The summed E-state index contributed by atoms with van der Waals surface area (Å²) in [6, 6.07) is 12.9. The third-order valence-corrected chi connectivity index (χ3v) is 6.05. The van der Waals surface area contributed by atoms with Crippen molar-refractivity contribution in [2.45, 2.75) is 51.6 Å². The lowest BCUT2D eigenvalue weighted by Gasteiger charge is -2.46. The quantitative estimate of drug-likeness (QED) is 0.614. The Kier molecular flexibility index (Phi) is 7.20. The van der Waals surface area contributed by atoms with E-state index in [0.717, 1.165) is 51.3 Å². The van der Waals surface area contributed by atoms with E-state index >= 15 is 0 Å². The summed E-state index contributed by atoms with van der Waals surface area (Å²) in [5, 5.41) is 3.79. The monoisotopic (exact) mass is 398 g/mol. The van der Waals surface area contributed by atoms with Crippen LogP contribution in [-0.4, -0.2) is 50.8 Å². The number of furan rings is 1. The normalized spacial score (nSPS) is 22.7. The lowest BCUT2D eigenvalue weighted by molar-refractivity contribution is -0.109. The van der Waals surface area contributed by atoms with Crippen molar-refractivity contribution in [3.05, 3.63) is 59.5 Å². The molecule has 1 aliphatic heterocycles. The Hall–Kier alpha value is -1.62. The molecule has 3 rings (SSSR count). The number of hydrogen-bond donors (Lipinski definition) is 1. The van der Waals surface area contributed by atoms with Gasteiger partial charge in [0.25, 0.3) is 0 Å². The average Bonchev–Trinajstić information content (AvgIpc) is 3.15. The Balaban J connectivity index is 1.63. The van der Waals surface area contributed by atoms with Crippen LogP contribution in [0.2, 0.25) is 0 Å². The van der Waals surface area contributed by atoms with Gasteiger partial charge >= 0.3 is 0 Å². The van der Waals surface area contributed by atoms with Gasteiger partial charge in [-0.05, 0) is 78.4 Å². The molecule has 1 aromatic carbocycles. The molecule has 1 saturated heterocycles. The van der Waals surface area contributed by atoms with Gasteiger partial charge in [0.2, 0.25) is 0 Å². The van der Waals surface area contributed by atoms with Crippen LogP contribution in [0.1, 0.15) is 55.9 Å². The van der Waals surface area contributed by atoms with Crippen molar-refractivity contribution in [3.8, 4) is 0 Å². The van der Waals surface area contributed by atoms with Crippen molar-refractivity contribution in [2.24, 2.45) is 5.41 Å². The zero-order valence-electron chi connectivity index (χ0n) is 18.8. The topological polar surface area (TPSA) is 37.6 Å². The van der Waals surface area contributed by atoms with Gasteiger partial charge in [-0.1, -0.05) is 29.8 Å². The highest BCUT2D eigenvalue weighted by molar-refractivity contribution is 5.30. The molecular formula is C25H38N2O2. The van der Waals surface area contributed by atoms with Crippen LogP contribution >= 0.6 is 0 Å². The van der Waals surface area contributed by atoms with Crippen molar-refractivity contribution in [1.29, 1.82) is 0 Å². The van der Waals surface area contributed by atoms with Gasteiger partial charge in [-0.25, -0.2) is 0 Å². The minimum Gasteiger partial charge on any atom is -0.469 e. The summed E-state index contributed by atoms with van der Waals surface area (Å²) >= 11 is 0. The molecule has 1 N–H and O–H groups in total. The van der Waals surface area contributed by atoms with Gasteiger partial charge in [0.15, 0.2) is 0 Å². The molecule has 1 fully saturated rings. The number of ether oxygens (including phenoxy) is 1. The molecule has 0 radical (unpaired) electrons. The number of nitrogens with zero attached hydrogens (tertiary/aromatic N) is 1. The maximum Gasteiger partial charge on any atom is 0.111 e. The minimum atomic E-state index is -0.0471. The van der Waals surface area contributed by atoms with E-state index in [-0.39, 0.29) is 16.9 Å². The highest BCUT2D eigenvalue weighted by Gasteiger charge is 2.40. The van der Waals surface area contributed by atoms with E-state index in [4.69, 9.17) is 9.15 Å². The highest BCUT2D eigenvalue weighted by Crippen LogP contribution is 2.39. The van der Waals surface area contributed by atoms with Gasteiger partial charge < -0.3 is 19.4 Å². The third kappa shape index (κ3) is 6.18. The summed E-state index contributed by atoms with van der Waals surface area (Å²) in [5.74, 6) is 1.33. The molecule has 1 aromatic heterocycles. The summed E-state index contributed by atoms with van der Waals surface area (Å²) in [6.45, 7) is 10.5. The smallest absolute Gasteiger partial charge is 0.111 e. The Morgan fingerprint density at radius 3 is 2.52 bits per heavy atom. The first-order chi connectivity index (χ1) is 13.8. The second kappa shape index (κ2) is 9.46. The summed E-state index contributed by atoms with van der Waals surface area (Å²) in [5.41, 5.74) is 2.82. The highest BCUT2D eigenvalue weighted by atomic mass is 16.5. The first-order valence-corrected chi connectivity index (χ1v) is 10.9. The van der Waals surface area contributed by atoms with Crippen LogP contribution in [-0.2, 0) is 4.74 Å². The lowest BCUT2D eigenvalue weighted by Crippen LogP contribution is -2.51. The third-order valence-electron chi connectivity index (χ3n) is 6.05. The zero-order valence-corrected chi connectivity index (χ0v) is 18.8. The minimum absolute atomic E-state index is 0.0471. The molecule has 2 aromatic rings. The molecule has 0 amide bonds. The summed E-state index contributed by atoms with van der Waals surface area (Å²) < 4.78 is 11.8. The molecule has 4 heteroatoms. The summed E-state index contributed by atoms with van der Waals surface area (Å²) in [4.78, 5) is 2.32. The number of hydrogen-bond acceptors (Lipinski definition) is 4. The van der Waals surface area contributed by atoms with Crippen LogP contribution in [0.4, 0.5) is 0 Å². The maximum atomic E-state index is 6.00. The molecule has 2 heterocycles. The van der Waals surface area contributed by atoms with E-state index in [2.05, 4.69) is 75.4 Å². The van der Waals surface area contributed by atoms with Crippen molar-refractivity contribution in [3.63, 3.8) is 0 Å². The largest absolute Gasteiger partial charge is 0.469 e. The SMILES string of the molecule is Cc1ccc([C@@H](CCNC[C@@]2(CN(C)C)CCOC(C)(C)C2)c2ccco2)cc1. The Labute approximate surface area is 176 Å². The van der Waals surface area contributed by atoms with Gasteiger partial charge in [0.05, 0.1) is 11.9 Å². The maximum absolute atomic E-state index is 6.00. The fraction of sp³-hybridized carbons (Fsp3) is 0.600. The van der Waals surface area contributed by atoms with E-state index < -0.39 is 0 Å². The molecule has 0 unspecified atom stereocenters. The Morgan fingerprint density at radius 2 is 1.90 bits per heavy atom. The van der Waals surface area contributed by atoms with Crippen molar-refractivity contribution in [1.82, 2.24) is 10.2 Å². The second-order valence-corrected chi connectivity index (χ2v) is 9.72. The van der Waals surface area contributed by atoms with E-state index in [1.165, 1.54) is 11.1 Å². The van der Waals surface area contributed by atoms with Gasteiger partial charge in [-0.2, -0.15) is 0 Å². The molecular weight excluding hydrogens is 360 g/mol. The summed E-state index contributed by atoms with van der Waals surface area (Å²) in [6.07, 6.45) is 5.00. The molecule has 1 aliphatic rings. The van der Waals surface area contributed by atoms with E-state index in [0.29, 0.717) is 0 Å². The van der Waals surface area contributed by atoms with Crippen LogP contribution in [0.3, 0.4) is 0 Å². The molecule has 0 saturated carbocycles. The van der Waals surface area contributed by atoms with E-state index in [1.807, 2.05) is 6.07 Å². The Morgan fingerprint density at radius 1 is 1.14 bits per heavy atom. The molecule has 4 nitrogen and oxygen atoms in total. The standard InChI is InChI=1S/C25H38N2O2/c1-20-8-10-21(11-9-20)22(23-7-6-15-28-23)12-14-26-18-25(19-27(4)5)13-16-29-24(2,3)17-25/h6-11,15,22,26H,12-14,16-19H2,1-5H3/t22-,25-/m1/s1. The average molecular weight is 399 g/mol. The Bertz CT molecular complexity index is 737. The fourth-order valence-corrected chi connectivity index (χ4v) is 4.96. The number of benzene rings is 1.